The minimum absolute atomic E-state index is 0.0360. The summed E-state index contributed by atoms with van der Waals surface area (Å²) in [5.41, 5.74) is 1.45. The molecule has 3 saturated heterocycles. The lowest BCUT2D eigenvalue weighted by molar-refractivity contribution is -0.145. The van der Waals surface area contributed by atoms with Crippen molar-refractivity contribution in [2.24, 2.45) is 11.8 Å². The number of nitrogens with zero attached hydrogens (tertiary/aromatic N) is 2. The van der Waals surface area contributed by atoms with Crippen LogP contribution in [0.5, 0.6) is 0 Å². The highest BCUT2D eigenvalue weighted by molar-refractivity contribution is 5.99. The van der Waals surface area contributed by atoms with Crippen LogP contribution in [-0.2, 0) is 44.8 Å². The number of benzene rings is 1. The number of fused-ring (bicyclic) bond motifs is 3. The van der Waals surface area contributed by atoms with E-state index in [2.05, 4.69) is 36.9 Å². The third-order valence-corrected chi connectivity index (χ3v) is 11.1. The highest BCUT2D eigenvalue weighted by atomic mass is 16.3. The second-order valence-electron chi connectivity index (χ2n) is 16.6. The summed E-state index contributed by atoms with van der Waals surface area (Å²) < 4.78 is 0. The van der Waals surface area contributed by atoms with Gasteiger partial charge in [0, 0.05) is 36.6 Å². The van der Waals surface area contributed by atoms with Crippen molar-refractivity contribution in [3.05, 3.63) is 36.0 Å². The van der Waals surface area contributed by atoms with E-state index in [1.165, 1.54) is 9.80 Å². The number of H-pyrrole nitrogens is 1. The Morgan fingerprint density at radius 1 is 0.617 bits per heavy atom. The molecule has 8 amide bonds. The summed E-state index contributed by atoms with van der Waals surface area (Å²) in [5, 5.41) is 36.9. The van der Waals surface area contributed by atoms with E-state index in [4.69, 9.17) is 0 Å². The number of rotatable bonds is 8. The van der Waals surface area contributed by atoms with E-state index < -0.39 is 109 Å². The summed E-state index contributed by atoms with van der Waals surface area (Å²) in [7, 11) is 0. The average molecular weight is 838 g/mol. The fraction of sp³-hybridized carbons (Fsp3) is 0.610. The van der Waals surface area contributed by atoms with Crippen molar-refractivity contribution in [2.45, 2.75) is 115 Å². The summed E-state index contributed by atoms with van der Waals surface area (Å²) >= 11 is 0. The van der Waals surface area contributed by atoms with Crippen molar-refractivity contribution in [2.75, 3.05) is 32.8 Å². The van der Waals surface area contributed by atoms with E-state index in [9.17, 15) is 48.6 Å². The number of aromatic amines is 1. The Bertz CT molecular complexity index is 1920. The lowest BCUT2D eigenvalue weighted by Gasteiger charge is -2.32. The summed E-state index contributed by atoms with van der Waals surface area (Å²) in [6.45, 7) is 5.41. The smallest absolute Gasteiger partial charge is 0.248 e. The number of hydrogen-bond acceptors (Lipinski definition) is 10. The molecule has 328 valence electrons. The molecule has 0 radical (unpaired) electrons. The molecule has 3 aliphatic rings. The fourth-order valence-electron chi connectivity index (χ4n) is 8.13. The molecule has 4 heterocycles. The van der Waals surface area contributed by atoms with E-state index in [1.54, 1.807) is 6.20 Å². The maximum Gasteiger partial charge on any atom is 0.248 e. The van der Waals surface area contributed by atoms with Gasteiger partial charge in [-0.3, -0.25) is 38.4 Å². The SMILES string of the molecule is CC(C)C[C@@H]1NC(=O)[C@H](CO)NC(=O)[C@@H]2CCCN2C(=O)[C@H](CC(C)C)NC(=O)[C@@H]2CCCN2C(=O)[C@H](CO)NC(=O)CNC(=O)[C@H](Cc2c[nH]c3ccccc23)NC1=O. The number of aromatic nitrogens is 1. The second kappa shape index (κ2) is 20.6. The van der Waals surface area contributed by atoms with Gasteiger partial charge in [-0.2, -0.15) is 0 Å². The third-order valence-electron chi connectivity index (χ3n) is 11.1. The average Bonchev–Trinajstić information content (AvgIpc) is 4.00. The Morgan fingerprint density at radius 3 is 1.73 bits per heavy atom. The first-order valence-corrected chi connectivity index (χ1v) is 20.8. The molecule has 1 aromatic heterocycles. The Hall–Kier alpha value is -5.56. The molecule has 9 N–H and O–H groups in total. The zero-order chi connectivity index (χ0) is 43.7. The normalized spacial score (nSPS) is 27.2. The van der Waals surface area contributed by atoms with Crippen molar-refractivity contribution in [1.29, 1.82) is 0 Å². The summed E-state index contributed by atoms with van der Waals surface area (Å²) in [4.78, 5) is 116. The molecule has 0 unspecified atom stereocenters. The quantitative estimate of drug-likeness (QED) is 0.146. The Kier molecular flexibility index (Phi) is 15.6. The first-order chi connectivity index (χ1) is 28.6. The van der Waals surface area contributed by atoms with Crippen LogP contribution in [0.15, 0.2) is 30.5 Å². The number of para-hydroxylation sites is 1. The second-order valence-corrected chi connectivity index (χ2v) is 16.6. The predicted octanol–water partition coefficient (Wildman–Crippen LogP) is -1.68. The molecule has 19 heteroatoms. The molecule has 2 aromatic rings. The number of carbonyl (C=O) groups is 8. The van der Waals surface area contributed by atoms with E-state index in [1.807, 2.05) is 52.0 Å². The monoisotopic (exact) mass is 837 g/mol. The first-order valence-electron chi connectivity index (χ1n) is 20.8. The van der Waals surface area contributed by atoms with Gasteiger partial charge in [-0.25, -0.2) is 0 Å². The van der Waals surface area contributed by atoms with Crippen molar-refractivity contribution in [1.82, 2.24) is 46.7 Å². The van der Waals surface area contributed by atoms with Crippen molar-refractivity contribution in [3.63, 3.8) is 0 Å². The molecule has 0 aliphatic carbocycles. The highest BCUT2D eigenvalue weighted by Gasteiger charge is 2.42. The zero-order valence-corrected chi connectivity index (χ0v) is 34.6. The Balaban J connectivity index is 1.47. The number of aliphatic hydroxyl groups excluding tert-OH is 2. The van der Waals surface area contributed by atoms with Gasteiger partial charge in [0.1, 0.15) is 42.3 Å². The molecule has 0 saturated carbocycles. The van der Waals surface area contributed by atoms with Crippen LogP contribution >= 0.6 is 0 Å². The van der Waals surface area contributed by atoms with E-state index in [0.29, 0.717) is 18.4 Å². The molecule has 60 heavy (non-hydrogen) atoms. The van der Waals surface area contributed by atoms with Gasteiger partial charge in [-0.05, 0) is 62.0 Å². The predicted molar refractivity (Wildman–Crippen MR) is 217 cm³/mol. The summed E-state index contributed by atoms with van der Waals surface area (Å²) in [6, 6.07) is -1.28. The molecule has 3 aliphatic heterocycles. The largest absolute Gasteiger partial charge is 0.394 e. The third kappa shape index (κ3) is 11.2. The van der Waals surface area contributed by atoms with Crippen molar-refractivity contribution >= 4 is 58.2 Å². The zero-order valence-electron chi connectivity index (χ0n) is 34.6. The summed E-state index contributed by atoms with van der Waals surface area (Å²) in [6.07, 6.45) is 3.36. The van der Waals surface area contributed by atoms with Gasteiger partial charge in [0.15, 0.2) is 0 Å². The Labute approximate surface area is 348 Å². The first kappa shape index (κ1) is 45.5. The minimum atomic E-state index is -1.51. The van der Waals surface area contributed by atoms with Gasteiger partial charge >= 0.3 is 0 Å². The molecule has 7 atom stereocenters. The van der Waals surface area contributed by atoms with E-state index in [0.717, 1.165) is 10.9 Å². The van der Waals surface area contributed by atoms with Crippen LogP contribution in [0.4, 0.5) is 0 Å². The van der Waals surface area contributed by atoms with Gasteiger partial charge < -0.3 is 56.9 Å². The standard InChI is InChI=1S/C41H59N9O10/c1-22(2)15-27-36(55)46-28(17-24-18-42-26-10-6-5-9-25(24)26)35(54)43-19-34(53)44-31(21-52)41(60)50-14-8-11-32(50)38(57)47-29(16-23(3)4)40(59)49-13-7-12-33(49)39(58)48-30(20-51)37(56)45-27/h5-6,9-10,18,22-23,27-33,42,51-52H,7-8,11-17,19-21H2,1-4H3,(H,43,54)(H,44,53)(H,45,56)(H,46,55)(H,47,57)(H,48,58)/t27-,28-,29-,30-,31-,32-,33-/m0/s1. The van der Waals surface area contributed by atoms with E-state index >= 15 is 0 Å². The van der Waals surface area contributed by atoms with Crippen molar-refractivity contribution in [3.8, 4) is 0 Å². The van der Waals surface area contributed by atoms with Crippen LogP contribution in [0.3, 0.4) is 0 Å². The molecule has 19 nitrogen and oxygen atoms in total. The molecule has 0 bridgehead atoms. The van der Waals surface area contributed by atoms with Gasteiger partial charge in [-0.15, -0.1) is 0 Å². The van der Waals surface area contributed by atoms with Gasteiger partial charge in [-0.1, -0.05) is 45.9 Å². The molecular weight excluding hydrogens is 779 g/mol. The topological polar surface area (TPSA) is 271 Å². The number of hydrogen-bond donors (Lipinski definition) is 9. The lowest BCUT2D eigenvalue weighted by Crippen LogP contribution is -2.61. The van der Waals surface area contributed by atoms with E-state index in [-0.39, 0.29) is 57.0 Å². The fourth-order valence-corrected chi connectivity index (χ4v) is 8.13. The van der Waals surface area contributed by atoms with Crippen LogP contribution < -0.4 is 31.9 Å². The number of nitrogens with one attached hydrogen (secondary N) is 7. The minimum Gasteiger partial charge on any atom is -0.394 e. The molecular formula is C41H59N9O10. The highest BCUT2D eigenvalue weighted by Crippen LogP contribution is 2.24. The van der Waals surface area contributed by atoms with Gasteiger partial charge in [0.2, 0.25) is 47.3 Å². The molecule has 0 spiro atoms. The number of aliphatic hydroxyl groups is 2. The molecule has 5 rings (SSSR count). The van der Waals surface area contributed by atoms with Crippen molar-refractivity contribution < 1.29 is 48.6 Å². The van der Waals surface area contributed by atoms with Gasteiger partial charge in [0.25, 0.3) is 0 Å². The number of carbonyl (C=O) groups excluding carboxylic acids is 8. The molecule has 3 fully saturated rings. The van der Waals surface area contributed by atoms with Crippen LogP contribution in [0.25, 0.3) is 10.9 Å². The number of amides is 8. The van der Waals surface area contributed by atoms with Crippen LogP contribution in [-0.4, -0.2) is 147 Å². The molecule has 1 aromatic carbocycles. The summed E-state index contributed by atoms with van der Waals surface area (Å²) in [5.74, 6) is -5.98. The van der Waals surface area contributed by atoms with Crippen LogP contribution in [0.1, 0.15) is 71.8 Å². The van der Waals surface area contributed by atoms with Crippen LogP contribution in [0.2, 0.25) is 0 Å². The Morgan fingerprint density at radius 2 is 1.13 bits per heavy atom. The lowest BCUT2D eigenvalue weighted by atomic mass is 10.0. The van der Waals surface area contributed by atoms with Crippen LogP contribution in [0, 0.1) is 11.8 Å². The maximum absolute atomic E-state index is 14.1. The van der Waals surface area contributed by atoms with Gasteiger partial charge in [0.05, 0.1) is 19.8 Å². The maximum atomic E-state index is 14.1.